The lowest BCUT2D eigenvalue weighted by atomic mass is 9.39. The van der Waals surface area contributed by atoms with Crippen molar-refractivity contribution in [1.29, 1.82) is 0 Å². The van der Waals surface area contributed by atoms with Crippen LogP contribution in [0.25, 0.3) is 0 Å². The van der Waals surface area contributed by atoms with Gasteiger partial charge in [-0.25, -0.2) is 0 Å². The van der Waals surface area contributed by atoms with Gasteiger partial charge < -0.3 is 18.9 Å². The monoisotopic (exact) mass is 470 g/mol. The summed E-state index contributed by atoms with van der Waals surface area (Å²) in [5.41, 5.74) is 0. The van der Waals surface area contributed by atoms with Crippen molar-refractivity contribution in [2.75, 3.05) is 26.4 Å². The Morgan fingerprint density at radius 3 is 1.06 bits per heavy atom. The highest BCUT2D eigenvalue weighted by Gasteiger charge is 2.71. The van der Waals surface area contributed by atoms with E-state index in [-0.39, 0.29) is 26.4 Å². The fraction of sp³-hybridized carbons (Fsp3) is 0.462. The largest absolute Gasteiger partial charge is 0.461 e. The standard InChI is InChI=1S/C26H30O8/c1-5-11-31-23(27)19-15-9-10-16(20(19)24(28)32-12-6-2)18-17(15)21(25(29)33-13-7-3)22(18)26(30)34-14-8-4/h5-10,15-22H,1-4,11-14H2. The molecule has 4 rings (SSSR count). The molecule has 2 saturated carbocycles. The second kappa shape index (κ2) is 11.1. The maximum Gasteiger partial charge on any atom is 0.310 e. The first-order valence-corrected chi connectivity index (χ1v) is 11.2. The van der Waals surface area contributed by atoms with Gasteiger partial charge in [-0.1, -0.05) is 62.8 Å². The molecule has 4 aliphatic carbocycles. The zero-order valence-corrected chi connectivity index (χ0v) is 19.0. The van der Waals surface area contributed by atoms with E-state index in [9.17, 15) is 19.2 Å². The van der Waals surface area contributed by atoms with Crippen molar-refractivity contribution in [2.45, 2.75) is 0 Å². The molecule has 0 radical (unpaired) electrons. The third-order valence-electron chi connectivity index (χ3n) is 6.78. The first-order chi connectivity index (χ1) is 16.4. The summed E-state index contributed by atoms with van der Waals surface area (Å²) in [5, 5.41) is 0. The number of hydrogen-bond acceptors (Lipinski definition) is 8. The molecule has 0 amide bonds. The highest BCUT2D eigenvalue weighted by molar-refractivity contribution is 5.88. The lowest BCUT2D eigenvalue weighted by molar-refractivity contribution is -0.211. The summed E-state index contributed by atoms with van der Waals surface area (Å²) < 4.78 is 21.2. The Labute approximate surface area is 198 Å². The number of fused-ring (bicyclic) bond motifs is 1. The summed E-state index contributed by atoms with van der Waals surface area (Å²) in [7, 11) is 0. The number of allylic oxidation sites excluding steroid dienone is 2. The van der Waals surface area contributed by atoms with Crippen LogP contribution in [0.2, 0.25) is 0 Å². The van der Waals surface area contributed by atoms with Crippen LogP contribution in [0, 0.1) is 47.3 Å². The molecule has 182 valence electrons. The third kappa shape index (κ3) is 4.49. The van der Waals surface area contributed by atoms with Gasteiger partial charge >= 0.3 is 23.9 Å². The van der Waals surface area contributed by atoms with E-state index in [4.69, 9.17) is 18.9 Å². The average molecular weight is 471 g/mol. The summed E-state index contributed by atoms with van der Waals surface area (Å²) in [6.07, 6.45) is 9.42. The maximum atomic E-state index is 13.1. The van der Waals surface area contributed by atoms with Gasteiger partial charge in [0.2, 0.25) is 0 Å². The Morgan fingerprint density at radius 2 is 0.794 bits per heavy atom. The first kappa shape index (κ1) is 25.2. The van der Waals surface area contributed by atoms with Crippen LogP contribution in [0.1, 0.15) is 0 Å². The number of esters is 4. The van der Waals surface area contributed by atoms with E-state index >= 15 is 0 Å². The first-order valence-electron chi connectivity index (χ1n) is 11.2. The maximum absolute atomic E-state index is 13.1. The van der Waals surface area contributed by atoms with Gasteiger partial charge in [-0.05, 0) is 23.7 Å². The predicted molar refractivity (Wildman–Crippen MR) is 122 cm³/mol. The van der Waals surface area contributed by atoms with Crippen LogP contribution in [0.5, 0.6) is 0 Å². The molecular weight excluding hydrogens is 440 g/mol. The second-order valence-corrected chi connectivity index (χ2v) is 8.47. The summed E-state index contributed by atoms with van der Waals surface area (Å²) in [6.45, 7) is 14.2. The zero-order chi connectivity index (χ0) is 24.8. The number of carbonyl (C=O) groups is 4. The van der Waals surface area contributed by atoms with Gasteiger partial charge in [0.1, 0.15) is 26.4 Å². The minimum absolute atomic E-state index is 0.00755. The fourth-order valence-electron chi connectivity index (χ4n) is 5.68. The van der Waals surface area contributed by atoms with Crippen molar-refractivity contribution in [3.05, 3.63) is 62.8 Å². The summed E-state index contributed by atoms with van der Waals surface area (Å²) in [4.78, 5) is 52.0. The van der Waals surface area contributed by atoms with E-state index in [0.717, 1.165) is 0 Å². The molecule has 0 aromatic heterocycles. The van der Waals surface area contributed by atoms with Gasteiger partial charge in [-0.15, -0.1) is 0 Å². The van der Waals surface area contributed by atoms with Gasteiger partial charge in [0.15, 0.2) is 0 Å². The Hall–Kier alpha value is -3.42. The third-order valence-corrected chi connectivity index (χ3v) is 6.78. The van der Waals surface area contributed by atoms with Crippen LogP contribution in [-0.4, -0.2) is 50.3 Å². The van der Waals surface area contributed by atoms with E-state index in [1.807, 2.05) is 12.2 Å². The van der Waals surface area contributed by atoms with Crippen LogP contribution in [0.3, 0.4) is 0 Å². The van der Waals surface area contributed by atoms with Gasteiger partial charge in [0.25, 0.3) is 0 Å². The minimum atomic E-state index is -0.867. The van der Waals surface area contributed by atoms with Crippen LogP contribution in [-0.2, 0) is 38.1 Å². The molecular formula is C26H30O8. The SMILES string of the molecule is C=CCOC(=O)C1C2C=CC(C1C(=O)OCC=C)C1C(C(=O)OCC=C)C(C(=O)OCC=C)C21. The van der Waals surface area contributed by atoms with Crippen molar-refractivity contribution >= 4 is 23.9 Å². The van der Waals surface area contributed by atoms with Crippen molar-refractivity contribution in [3.63, 3.8) is 0 Å². The van der Waals surface area contributed by atoms with Crippen LogP contribution in [0.4, 0.5) is 0 Å². The van der Waals surface area contributed by atoms with Gasteiger partial charge in [-0.2, -0.15) is 0 Å². The molecule has 0 aromatic rings. The lowest BCUT2D eigenvalue weighted by Gasteiger charge is -2.62. The van der Waals surface area contributed by atoms with E-state index in [2.05, 4.69) is 26.3 Å². The van der Waals surface area contributed by atoms with Crippen molar-refractivity contribution < 1.29 is 38.1 Å². The Kier molecular flexibility index (Phi) is 8.26. The van der Waals surface area contributed by atoms with Crippen LogP contribution in [0.15, 0.2) is 62.8 Å². The highest BCUT2D eigenvalue weighted by atomic mass is 16.5. The average Bonchev–Trinajstić information content (AvgIpc) is 2.82. The van der Waals surface area contributed by atoms with Crippen molar-refractivity contribution in [2.24, 2.45) is 47.3 Å². The quantitative estimate of drug-likeness (QED) is 0.243. The van der Waals surface area contributed by atoms with E-state index in [1.54, 1.807) is 0 Å². The molecule has 8 nitrogen and oxygen atoms in total. The summed E-state index contributed by atoms with van der Waals surface area (Å²) >= 11 is 0. The number of hydrogen-bond donors (Lipinski definition) is 0. The Balaban J connectivity index is 1.99. The molecule has 0 aliphatic heterocycles. The number of ether oxygens (including phenoxy) is 4. The predicted octanol–water partition coefficient (Wildman–Crippen LogP) is 2.43. The molecule has 4 aliphatic rings. The topological polar surface area (TPSA) is 105 Å². The normalized spacial score (nSPS) is 32.2. The molecule has 2 bridgehead atoms. The van der Waals surface area contributed by atoms with Gasteiger partial charge in [0, 0.05) is 0 Å². The van der Waals surface area contributed by atoms with Crippen molar-refractivity contribution in [3.8, 4) is 0 Å². The Bertz CT molecular complexity index is 830. The number of carbonyl (C=O) groups excluding carboxylic acids is 4. The molecule has 0 spiro atoms. The summed E-state index contributed by atoms with van der Waals surface area (Å²) in [5.74, 6) is -7.46. The van der Waals surface area contributed by atoms with Gasteiger partial charge in [0.05, 0.1) is 23.7 Å². The lowest BCUT2D eigenvalue weighted by Crippen LogP contribution is -2.68. The molecule has 0 N–H and O–H groups in total. The Morgan fingerprint density at radius 1 is 0.529 bits per heavy atom. The van der Waals surface area contributed by atoms with E-state index in [1.165, 1.54) is 24.3 Å². The molecule has 8 atom stereocenters. The molecule has 8 unspecified atom stereocenters. The molecule has 0 saturated heterocycles. The summed E-state index contributed by atoms with van der Waals surface area (Å²) in [6, 6.07) is 0. The van der Waals surface area contributed by atoms with Crippen LogP contribution >= 0.6 is 0 Å². The molecule has 0 aromatic carbocycles. The van der Waals surface area contributed by atoms with Gasteiger partial charge in [-0.3, -0.25) is 19.2 Å². The molecule has 0 heterocycles. The second-order valence-electron chi connectivity index (χ2n) is 8.47. The van der Waals surface area contributed by atoms with E-state index in [0.29, 0.717) is 0 Å². The molecule has 8 heteroatoms. The minimum Gasteiger partial charge on any atom is -0.461 e. The van der Waals surface area contributed by atoms with Crippen molar-refractivity contribution in [1.82, 2.24) is 0 Å². The smallest absolute Gasteiger partial charge is 0.310 e. The molecule has 2 fully saturated rings. The van der Waals surface area contributed by atoms with E-state index < -0.39 is 71.2 Å². The highest BCUT2D eigenvalue weighted by Crippen LogP contribution is 2.65. The number of rotatable bonds is 12. The fourth-order valence-corrected chi connectivity index (χ4v) is 5.68. The molecule has 34 heavy (non-hydrogen) atoms. The zero-order valence-electron chi connectivity index (χ0n) is 19.0. The van der Waals surface area contributed by atoms with Crippen LogP contribution < -0.4 is 0 Å².